The molecule has 0 unspecified atom stereocenters. The van der Waals surface area contributed by atoms with Gasteiger partial charge in [0.1, 0.15) is 11.4 Å². The van der Waals surface area contributed by atoms with Gasteiger partial charge in [0.05, 0.1) is 12.6 Å². The highest BCUT2D eigenvalue weighted by Crippen LogP contribution is 2.32. The summed E-state index contributed by atoms with van der Waals surface area (Å²) in [7, 11) is 1.53. The van der Waals surface area contributed by atoms with Crippen molar-refractivity contribution in [3.63, 3.8) is 0 Å². The van der Waals surface area contributed by atoms with Gasteiger partial charge in [-0.15, -0.1) is 0 Å². The van der Waals surface area contributed by atoms with E-state index >= 15 is 0 Å². The van der Waals surface area contributed by atoms with Gasteiger partial charge in [0, 0.05) is 17.1 Å². The van der Waals surface area contributed by atoms with E-state index in [0.717, 1.165) is 10.9 Å². The van der Waals surface area contributed by atoms with Crippen LogP contribution < -0.4 is 10.5 Å². The smallest absolute Gasteiger partial charge is 0.352 e. The van der Waals surface area contributed by atoms with Crippen molar-refractivity contribution in [2.45, 2.75) is 13.3 Å². The molecule has 1 aromatic carbocycles. The Kier molecular flexibility index (Phi) is 2.67. The first-order valence-corrected chi connectivity index (χ1v) is 5.29. The van der Waals surface area contributed by atoms with Crippen LogP contribution in [0.5, 0.6) is 5.75 Å². The zero-order valence-corrected chi connectivity index (χ0v) is 9.70. The number of aromatic nitrogens is 1. The molecule has 0 aliphatic carbocycles. The van der Waals surface area contributed by atoms with Crippen LogP contribution in [-0.2, 0) is 6.42 Å². The summed E-state index contributed by atoms with van der Waals surface area (Å²) in [4.78, 5) is 14.0. The summed E-state index contributed by atoms with van der Waals surface area (Å²) in [5, 5.41) is 9.93. The van der Waals surface area contributed by atoms with Crippen LogP contribution in [0.4, 0.5) is 5.69 Å². The number of rotatable bonds is 3. The number of methoxy groups -OCH3 is 1. The van der Waals surface area contributed by atoms with E-state index in [1.54, 1.807) is 12.1 Å². The summed E-state index contributed by atoms with van der Waals surface area (Å²) in [6.45, 7) is 1.91. The number of benzene rings is 1. The molecule has 0 radical (unpaired) electrons. The van der Waals surface area contributed by atoms with Crippen LogP contribution in [0.15, 0.2) is 12.1 Å². The molecular formula is C12H14N2O3. The average molecular weight is 234 g/mol. The predicted molar refractivity (Wildman–Crippen MR) is 65.6 cm³/mol. The summed E-state index contributed by atoms with van der Waals surface area (Å²) in [5.41, 5.74) is 7.95. The Hall–Kier alpha value is -2.17. The zero-order chi connectivity index (χ0) is 12.6. The molecule has 0 aliphatic heterocycles. The first-order chi connectivity index (χ1) is 8.08. The van der Waals surface area contributed by atoms with Crippen molar-refractivity contribution in [2.24, 2.45) is 0 Å². The number of carboxylic acid groups (broad SMARTS) is 1. The van der Waals surface area contributed by atoms with E-state index in [2.05, 4.69) is 4.98 Å². The minimum atomic E-state index is -0.973. The average Bonchev–Trinajstić information content (AvgIpc) is 2.66. The Labute approximate surface area is 98.2 Å². The number of anilines is 1. The number of nitrogen functional groups attached to an aromatic ring is 1. The van der Waals surface area contributed by atoms with Crippen molar-refractivity contribution in [1.29, 1.82) is 0 Å². The lowest BCUT2D eigenvalue weighted by molar-refractivity contribution is 0.0690. The van der Waals surface area contributed by atoms with Gasteiger partial charge in [0.15, 0.2) is 0 Å². The maximum Gasteiger partial charge on any atom is 0.352 e. The molecule has 2 rings (SSSR count). The highest BCUT2D eigenvalue weighted by atomic mass is 16.5. The Morgan fingerprint density at radius 3 is 2.76 bits per heavy atom. The molecule has 0 atom stereocenters. The summed E-state index contributed by atoms with van der Waals surface area (Å²) in [5.74, 6) is -0.416. The monoisotopic (exact) mass is 234 g/mol. The minimum Gasteiger partial charge on any atom is -0.494 e. The molecular weight excluding hydrogens is 220 g/mol. The molecule has 1 heterocycles. The SMILES string of the molecule is CCc1c(C(=O)O)[nH]c2c(OC)cc(N)cc12. The van der Waals surface area contributed by atoms with Gasteiger partial charge in [-0.1, -0.05) is 6.92 Å². The Balaban J connectivity index is 2.85. The highest BCUT2D eigenvalue weighted by Gasteiger charge is 2.18. The number of aromatic carboxylic acids is 1. The maximum absolute atomic E-state index is 11.1. The van der Waals surface area contributed by atoms with Crippen LogP contribution in [0.3, 0.4) is 0 Å². The Morgan fingerprint density at radius 1 is 1.53 bits per heavy atom. The second-order valence-electron chi connectivity index (χ2n) is 3.78. The number of nitrogens with two attached hydrogens (primary N) is 1. The Morgan fingerprint density at radius 2 is 2.24 bits per heavy atom. The van der Waals surface area contributed by atoms with E-state index in [1.807, 2.05) is 6.92 Å². The lowest BCUT2D eigenvalue weighted by Gasteiger charge is -2.03. The third kappa shape index (κ3) is 1.69. The number of H-pyrrole nitrogens is 1. The number of fused-ring (bicyclic) bond motifs is 1. The molecule has 90 valence electrons. The van der Waals surface area contributed by atoms with Gasteiger partial charge in [-0.3, -0.25) is 0 Å². The highest BCUT2D eigenvalue weighted by molar-refractivity contribution is 6.00. The maximum atomic E-state index is 11.1. The van der Waals surface area contributed by atoms with E-state index in [-0.39, 0.29) is 5.69 Å². The van der Waals surface area contributed by atoms with Crippen LogP contribution >= 0.6 is 0 Å². The number of ether oxygens (including phenoxy) is 1. The van der Waals surface area contributed by atoms with Crippen molar-refractivity contribution in [2.75, 3.05) is 12.8 Å². The minimum absolute atomic E-state index is 0.200. The van der Waals surface area contributed by atoms with E-state index in [0.29, 0.717) is 23.4 Å². The number of aryl methyl sites for hydroxylation is 1. The molecule has 5 nitrogen and oxygen atoms in total. The van der Waals surface area contributed by atoms with Gasteiger partial charge in [-0.25, -0.2) is 4.79 Å². The molecule has 5 heteroatoms. The number of nitrogens with one attached hydrogen (secondary N) is 1. The molecule has 0 fully saturated rings. The van der Waals surface area contributed by atoms with E-state index in [4.69, 9.17) is 15.6 Å². The Bertz CT molecular complexity index is 587. The fourth-order valence-corrected chi connectivity index (χ4v) is 2.05. The van der Waals surface area contributed by atoms with Crippen LogP contribution in [0, 0.1) is 0 Å². The van der Waals surface area contributed by atoms with Gasteiger partial charge in [0.25, 0.3) is 0 Å². The van der Waals surface area contributed by atoms with Crippen molar-refractivity contribution in [3.8, 4) is 5.75 Å². The third-order valence-electron chi connectivity index (χ3n) is 2.79. The molecule has 0 aliphatic rings. The zero-order valence-electron chi connectivity index (χ0n) is 9.70. The normalized spacial score (nSPS) is 10.7. The summed E-state index contributed by atoms with van der Waals surface area (Å²) < 4.78 is 5.20. The van der Waals surface area contributed by atoms with Gasteiger partial charge >= 0.3 is 5.97 Å². The fourth-order valence-electron chi connectivity index (χ4n) is 2.05. The second kappa shape index (κ2) is 4.01. The fraction of sp³-hybridized carbons (Fsp3) is 0.250. The predicted octanol–water partition coefficient (Wildman–Crippen LogP) is 2.02. The van der Waals surface area contributed by atoms with Gasteiger partial charge < -0.3 is 20.6 Å². The number of hydrogen-bond donors (Lipinski definition) is 3. The number of hydrogen-bond acceptors (Lipinski definition) is 3. The molecule has 0 saturated heterocycles. The molecule has 1 aromatic heterocycles. The number of aromatic amines is 1. The van der Waals surface area contributed by atoms with E-state index < -0.39 is 5.97 Å². The second-order valence-corrected chi connectivity index (χ2v) is 3.78. The topological polar surface area (TPSA) is 88.3 Å². The molecule has 2 aromatic rings. The van der Waals surface area contributed by atoms with Crippen molar-refractivity contribution >= 4 is 22.6 Å². The summed E-state index contributed by atoms with van der Waals surface area (Å²) in [6.07, 6.45) is 0.619. The third-order valence-corrected chi connectivity index (χ3v) is 2.79. The molecule has 0 saturated carbocycles. The molecule has 0 bridgehead atoms. The summed E-state index contributed by atoms with van der Waals surface area (Å²) in [6, 6.07) is 3.43. The van der Waals surface area contributed by atoms with Gasteiger partial charge in [0.2, 0.25) is 0 Å². The standard InChI is InChI=1S/C12H14N2O3/c1-3-7-8-4-6(13)5-9(17-2)10(8)14-11(7)12(15)16/h4-5,14H,3,13H2,1-2H3,(H,15,16). The van der Waals surface area contributed by atoms with Crippen molar-refractivity contribution in [1.82, 2.24) is 4.98 Å². The number of carbonyl (C=O) groups is 1. The lowest BCUT2D eigenvalue weighted by atomic mass is 10.1. The van der Waals surface area contributed by atoms with Crippen LogP contribution in [0.2, 0.25) is 0 Å². The van der Waals surface area contributed by atoms with Crippen LogP contribution in [0.25, 0.3) is 10.9 Å². The molecule has 0 spiro atoms. The van der Waals surface area contributed by atoms with Crippen molar-refractivity contribution in [3.05, 3.63) is 23.4 Å². The van der Waals surface area contributed by atoms with Crippen molar-refractivity contribution < 1.29 is 14.6 Å². The van der Waals surface area contributed by atoms with Crippen LogP contribution in [-0.4, -0.2) is 23.2 Å². The van der Waals surface area contributed by atoms with Gasteiger partial charge in [-0.2, -0.15) is 0 Å². The molecule has 17 heavy (non-hydrogen) atoms. The number of carboxylic acids is 1. The first kappa shape index (κ1) is 11.3. The largest absolute Gasteiger partial charge is 0.494 e. The van der Waals surface area contributed by atoms with Gasteiger partial charge in [-0.05, 0) is 18.1 Å². The first-order valence-electron chi connectivity index (χ1n) is 5.29. The van der Waals surface area contributed by atoms with E-state index in [9.17, 15) is 4.79 Å². The molecule has 0 amide bonds. The lowest BCUT2D eigenvalue weighted by Crippen LogP contribution is -2.00. The van der Waals surface area contributed by atoms with Crippen LogP contribution in [0.1, 0.15) is 23.0 Å². The molecule has 4 N–H and O–H groups in total. The quantitative estimate of drug-likeness (QED) is 0.709. The summed E-state index contributed by atoms with van der Waals surface area (Å²) >= 11 is 0. The van der Waals surface area contributed by atoms with E-state index in [1.165, 1.54) is 7.11 Å².